The lowest BCUT2D eigenvalue weighted by atomic mass is 10.4. The van der Waals surface area contributed by atoms with Gasteiger partial charge < -0.3 is 9.15 Å². The fourth-order valence-corrected chi connectivity index (χ4v) is 1.26. The summed E-state index contributed by atoms with van der Waals surface area (Å²) in [6.45, 7) is 0.137. The zero-order valence-corrected chi connectivity index (χ0v) is 9.27. The van der Waals surface area contributed by atoms with E-state index >= 15 is 0 Å². The van der Waals surface area contributed by atoms with Crippen LogP contribution in [-0.4, -0.2) is 32.8 Å². The summed E-state index contributed by atoms with van der Waals surface area (Å²) >= 11 is 0. The van der Waals surface area contributed by atoms with Gasteiger partial charge in [-0.25, -0.2) is 14.5 Å². The van der Waals surface area contributed by atoms with Crippen molar-refractivity contribution in [2.75, 3.05) is 7.11 Å². The molecule has 0 bridgehead atoms. The molecule has 9 nitrogen and oxygen atoms in total. The van der Waals surface area contributed by atoms with E-state index in [2.05, 4.69) is 14.8 Å². The number of methoxy groups -OCH3 is 1. The number of ether oxygens (including phenoxy) is 1. The van der Waals surface area contributed by atoms with Crippen molar-refractivity contribution in [1.82, 2.24) is 14.8 Å². The summed E-state index contributed by atoms with van der Waals surface area (Å²) < 4.78 is 10.7. The van der Waals surface area contributed by atoms with Crippen molar-refractivity contribution < 1.29 is 18.9 Å². The first-order valence-corrected chi connectivity index (χ1v) is 4.81. The lowest BCUT2D eigenvalue weighted by Gasteiger charge is -1.95. The highest BCUT2D eigenvalue weighted by molar-refractivity contribution is 5.84. The molecule has 94 valence electrons. The lowest BCUT2D eigenvalue weighted by Crippen LogP contribution is -2.06. The smallest absolute Gasteiger partial charge is 0.433 e. The SMILES string of the molecule is COC(=O)c1ncn(Cc2ccc([N+](=O)[O-])o2)n1. The maximum absolute atomic E-state index is 11.1. The zero-order chi connectivity index (χ0) is 13.1. The molecular weight excluding hydrogens is 244 g/mol. The minimum absolute atomic E-state index is 0.0847. The van der Waals surface area contributed by atoms with Gasteiger partial charge in [-0.1, -0.05) is 0 Å². The third-order valence-electron chi connectivity index (χ3n) is 2.05. The van der Waals surface area contributed by atoms with Gasteiger partial charge in [-0.2, -0.15) is 0 Å². The first-order valence-electron chi connectivity index (χ1n) is 4.81. The van der Waals surface area contributed by atoms with Crippen LogP contribution in [0.1, 0.15) is 16.4 Å². The Morgan fingerprint density at radius 3 is 3.00 bits per heavy atom. The molecule has 0 aromatic carbocycles. The van der Waals surface area contributed by atoms with Crippen LogP contribution in [0.15, 0.2) is 22.9 Å². The topological polar surface area (TPSA) is 113 Å². The molecule has 0 aliphatic carbocycles. The Morgan fingerprint density at radius 1 is 1.61 bits per heavy atom. The number of furan rings is 1. The fourth-order valence-electron chi connectivity index (χ4n) is 1.26. The molecule has 0 radical (unpaired) electrons. The average molecular weight is 252 g/mol. The number of aromatic nitrogens is 3. The van der Waals surface area contributed by atoms with Crippen molar-refractivity contribution in [3.05, 3.63) is 40.2 Å². The number of rotatable bonds is 4. The molecule has 0 saturated carbocycles. The molecule has 0 aliphatic heterocycles. The highest BCUT2D eigenvalue weighted by atomic mass is 16.6. The number of nitrogens with zero attached hydrogens (tertiary/aromatic N) is 4. The molecule has 0 atom stereocenters. The minimum atomic E-state index is -0.654. The van der Waals surface area contributed by atoms with Crippen LogP contribution in [0, 0.1) is 10.1 Å². The first-order chi connectivity index (χ1) is 8.60. The second-order valence-electron chi connectivity index (χ2n) is 3.25. The van der Waals surface area contributed by atoms with Crippen LogP contribution in [0.5, 0.6) is 0 Å². The average Bonchev–Trinajstić information content (AvgIpc) is 2.98. The number of hydrogen-bond donors (Lipinski definition) is 0. The van der Waals surface area contributed by atoms with Crippen LogP contribution in [0.2, 0.25) is 0 Å². The zero-order valence-electron chi connectivity index (χ0n) is 9.27. The predicted molar refractivity (Wildman–Crippen MR) is 55.8 cm³/mol. The summed E-state index contributed by atoms with van der Waals surface area (Å²) in [4.78, 5) is 24.6. The molecule has 2 aromatic rings. The van der Waals surface area contributed by atoms with E-state index in [1.807, 2.05) is 0 Å². The molecule has 0 unspecified atom stereocenters. The molecule has 9 heteroatoms. The number of carbonyl (C=O) groups excluding carboxylic acids is 1. The highest BCUT2D eigenvalue weighted by Gasteiger charge is 2.14. The second-order valence-corrected chi connectivity index (χ2v) is 3.25. The Hall–Kier alpha value is -2.71. The molecule has 0 aliphatic rings. The number of nitro groups is 1. The Morgan fingerprint density at radius 2 is 2.39 bits per heavy atom. The van der Waals surface area contributed by atoms with E-state index in [-0.39, 0.29) is 18.3 Å². The van der Waals surface area contributed by atoms with E-state index in [4.69, 9.17) is 4.42 Å². The van der Waals surface area contributed by atoms with E-state index in [1.54, 1.807) is 0 Å². The molecule has 2 aromatic heterocycles. The third kappa shape index (κ3) is 2.34. The summed E-state index contributed by atoms with van der Waals surface area (Å²) in [5.74, 6) is -0.751. The van der Waals surface area contributed by atoms with Gasteiger partial charge in [0.15, 0.2) is 0 Å². The first kappa shape index (κ1) is 11.8. The molecule has 2 rings (SSSR count). The fraction of sp³-hybridized carbons (Fsp3) is 0.222. The Labute approximate surface area is 100 Å². The molecule has 0 fully saturated rings. The van der Waals surface area contributed by atoms with Crippen molar-refractivity contribution in [3.8, 4) is 0 Å². The van der Waals surface area contributed by atoms with E-state index in [0.29, 0.717) is 5.76 Å². The minimum Gasteiger partial charge on any atom is -0.463 e. The second kappa shape index (κ2) is 4.65. The van der Waals surface area contributed by atoms with E-state index in [1.165, 1.54) is 30.3 Å². The number of hydrogen-bond acceptors (Lipinski definition) is 7. The molecule has 0 saturated heterocycles. The Kier molecular flexibility index (Phi) is 3.04. The van der Waals surface area contributed by atoms with Crippen molar-refractivity contribution in [2.24, 2.45) is 0 Å². The summed E-state index contributed by atoms with van der Waals surface area (Å²) in [6, 6.07) is 2.70. The van der Waals surface area contributed by atoms with Gasteiger partial charge in [0.25, 0.3) is 5.82 Å². The summed E-state index contributed by atoms with van der Waals surface area (Å²) in [6.07, 6.45) is 1.31. The van der Waals surface area contributed by atoms with Crippen molar-refractivity contribution in [2.45, 2.75) is 6.54 Å². The van der Waals surface area contributed by atoms with Crippen LogP contribution < -0.4 is 0 Å². The predicted octanol–water partition coefficient (Wildman–Crippen LogP) is 0.614. The third-order valence-corrected chi connectivity index (χ3v) is 2.05. The van der Waals surface area contributed by atoms with Crippen LogP contribution in [0.3, 0.4) is 0 Å². The highest BCUT2D eigenvalue weighted by Crippen LogP contribution is 2.16. The van der Waals surface area contributed by atoms with Gasteiger partial charge in [-0.3, -0.25) is 10.1 Å². The van der Waals surface area contributed by atoms with Gasteiger partial charge in [0.1, 0.15) is 23.6 Å². The molecule has 2 heterocycles. The van der Waals surface area contributed by atoms with E-state index < -0.39 is 10.9 Å². The van der Waals surface area contributed by atoms with Crippen LogP contribution >= 0.6 is 0 Å². The molecular formula is C9H8N4O5. The summed E-state index contributed by atoms with van der Waals surface area (Å²) in [5, 5.41) is 14.2. The number of carbonyl (C=O) groups is 1. The van der Waals surface area contributed by atoms with Gasteiger partial charge >= 0.3 is 11.9 Å². The monoisotopic (exact) mass is 252 g/mol. The van der Waals surface area contributed by atoms with E-state index in [0.717, 1.165) is 0 Å². The van der Waals surface area contributed by atoms with E-state index in [9.17, 15) is 14.9 Å². The molecule has 0 N–H and O–H groups in total. The molecule has 18 heavy (non-hydrogen) atoms. The Balaban J connectivity index is 2.11. The maximum atomic E-state index is 11.1. The Bertz CT molecular complexity index is 587. The maximum Gasteiger partial charge on any atom is 0.433 e. The van der Waals surface area contributed by atoms with Gasteiger partial charge in [-0.15, -0.1) is 5.10 Å². The van der Waals surface area contributed by atoms with Gasteiger partial charge in [0, 0.05) is 0 Å². The molecule has 0 amide bonds. The van der Waals surface area contributed by atoms with Crippen LogP contribution in [-0.2, 0) is 11.3 Å². The van der Waals surface area contributed by atoms with Crippen LogP contribution in [0.4, 0.5) is 5.88 Å². The largest absolute Gasteiger partial charge is 0.463 e. The quantitative estimate of drug-likeness (QED) is 0.445. The summed E-state index contributed by atoms with van der Waals surface area (Å²) in [7, 11) is 1.22. The van der Waals surface area contributed by atoms with Crippen molar-refractivity contribution in [1.29, 1.82) is 0 Å². The van der Waals surface area contributed by atoms with Crippen LogP contribution in [0.25, 0.3) is 0 Å². The van der Waals surface area contributed by atoms with Gasteiger partial charge in [0.2, 0.25) is 0 Å². The molecule has 0 spiro atoms. The summed E-state index contributed by atoms with van der Waals surface area (Å²) in [5.41, 5.74) is 0. The van der Waals surface area contributed by atoms with Gasteiger partial charge in [0.05, 0.1) is 13.2 Å². The van der Waals surface area contributed by atoms with Crippen molar-refractivity contribution >= 4 is 11.9 Å². The number of esters is 1. The normalized spacial score (nSPS) is 10.3. The lowest BCUT2D eigenvalue weighted by molar-refractivity contribution is -0.402. The standard InChI is InChI=1S/C9H8N4O5/c1-17-9(14)8-10-5-12(11-8)4-6-2-3-7(18-6)13(15)16/h2-3,5H,4H2,1H3. The van der Waals surface area contributed by atoms with Gasteiger partial charge in [-0.05, 0) is 6.07 Å². The van der Waals surface area contributed by atoms with Crippen molar-refractivity contribution in [3.63, 3.8) is 0 Å².